The number of sulfone groups is 1. The zero-order valence-electron chi connectivity index (χ0n) is 12.5. The fourth-order valence-electron chi connectivity index (χ4n) is 2.00. The molecular weight excluding hydrogens is 246 g/mol. The number of rotatable bonds is 11. The van der Waals surface area contributed by atoms with Gasteiger partial charge in [-0.05, 0) is 38.1 Å². The maximum absolute atomic E-state index is 11.5. The van der Waals surface area contributed by atoms with Gasteiger partial charge < -0.3 is 5.32 Å². The molecule has 0 aromatic carbocycles. The first-order valence-electron chi connectivity index (χ1n) is 7.38. The fraction of sp³-hybridized carbons (Fsp3) is 1.00. The van der Waals surface area contributed by atoms with E-state index in [1.54, 1.807) is 6.92 Å². The molecule has 0 aromatic heterocycles. The van der Waals surface area contributed by atoms with Gasteiger partial charge in [0, 0.05) is 11.8 Å². The Labute approximate surface area is 114 Å². The van der Waals surface area contributed by atoms with E-state index in [1.807, 2.05) is 0 Å². The lowest BCUT2D eigenvalue weighted by Crippen LogP contribution is -2.32. The molecule has 0 saturated heterocycles. The standard InChI is InChI=1S/C14H31NO2S/c1-5-10-15-14(12-13(4)6-2)9-8-11-18(16,17)7-3/h13-15H,5-12H2,1-4H3. The fourth-order valence-corrected chi connectivity index (χ4v) is 2.89. The van der Waals surface area contributed by atoms with Crippen LogP contribution in [-0.2, 0) is 9.84 Å². The normalized spacial score (nSPS) is 15.6. The number of hydrogen-bond acceptors (Lipinski definition) is 3. The molecule has 0 aliphatic rings. The molecule has 2 atom stereocenters. The summed E-state index contributed by atoms with van der Waals surface area (Å²) in [5.41, 5.74) is 0. The third-order valence-electron chi connectivity index (χ3n) is 3.51. The topological polar surface area (TPSA) is 46.2 Å². The molecule has 0 aliphatic carbocycles. The van der Waals surface area contributed by atoms with E-state index in [9.17, 15) is 8.42 Å². The molecule has 0 fully saturated rings. The van der Waals surface area contributed by atoms with Gasteiger partial charge in [-0.3, -0.25) is 0 Å². The molecule has 0 rings (SSSR count). The molecule has 0 bridgehead atoms. The molecule has 110 valence electrons. The molecule has 0 spiro atoms. The molecule has 2 unspecified atom stereocenters. The summed E-state index contributed by atoms with van der Waals surface area (Å²) in [4.78, 5) is 0. The Morgan fingerprint density at radius 3 is 2.33 bits per heavy atom. The highest BCUT2D eigenvalue weighted by atomic mass is 32.2. The van der Waals surface area contributed by atoms with E-state index in [0.717, 1.165) is 32.2 Å². The van der Waals surface area contributed by atoms with Gasteiger partial charge in [0.05, 0.1) is 5.75 Å². The van der Waals surface area contributed by atoms with E-state index in [4.69, 9.17) is 0 Å². The minimum atomic E-state index is -2.80. The van der Waals surface area contributed by atoms with Crippen LogP contribution in [0.25, 0.3) is 0 Å². The van der Waals surface area contributed by atoms with Gasteiger partial charge in [0.25, 0.3) is 0 Å². The first kappa shape index (κ1) is 17.9. The SMILES string of the molecule is CCCNC(CCCS(=O)(=O)CC)CC(C)CC. The summed E-state index contributed by atoms with van der Waals surface area (Å²) < 4.78 is 22.9. The summed E-state index contributed by atoms with van der Waals surface area (Å²) in [5, 5.41) is 3.54. The zero-order valence-corrected chi connectivity index (χ0v) is 13.4. The lowest BCUT2D eigenvalue weighted by Gasteiger charge is -2.21. The Balaban J connectivity index is 4.07. The predicted octanol–water partition coefficient (Wildman–Crippen LogP) is 3.01. The molecule has 0 amide bonds. The van der Waals surface area contributed by atoms with Gasteiger partial charge >= 0.3 is 0 Å². The summed E-state index contributed by atoms with van der Waals surface area (Å²) in [6.07, 6.45) is 5.24. The average Bonchev–Trinajstić information content (AvgIpc) is 2.35. The Hall–Kier alpha value is -0.0900. The predicted molar refractivity (Wildman–Crippen MR) is 79.7 cm³/mol. The van der Waals surface area contributed by atoms with Crippen molar-refractivity contribution >= 4 is 9.84 Å². The zero-order chi connectivity index (χ0) is 14.0. The Morgan fingerprint density at radius 2 is 1.83 bits per heavy atom. The van der Waals surface area contributed by atoms with Gasteiger partial charge in [-0.25, -0.2) is 8.42 Å². The molecule has 0 aromatic rings. The summed E-state index contributed by atoms with van der Waals surface area (Å²) >= 11 is 0. The van der Waals surface area contributed by atoms with Crippen molar-refractivity contribution in [3.8, 4) is 0 Å². The first-order chi connectivity index (χ1) is 8.45. The lowest BCUT2D eigenvalue weighted by molar-refractivity contribution is 0.374. The lowest BCUT2D eigenvalue weighted by atomic mass is 9.96. The molecule has 3 nitrogen and oxygen atoms in total. The first-order valence-corrected chi connectivity index (χ1v) is 9.21. The van der Waals surface area contributed by atoms with Gasteiger partial charge in [0.1, 0.15) is 9.84 Å². The smallest absolute Gasteiger partial charge is 0.150 e. The highest BCUT2D eigenvalue weighted by Crippen LogP contribution is 2.14. The van der Waals surface area contributed by atoms with E-state index in [0.29, 0.717) is 17.7 Å². The van der Waals surface area contributed by atoms with Crippen LogP contribution in [0.1, 0.15) is 59.8 Å². The van der Waals surface area contributed by atoms with Crippen LogP contribution in [0.15, 0.2) is 0 Å². The molecule has 0 heterocycles. The van der Waals surface area contributed by atoms with Crippen LogP contribution in [0, 0.1) is 5.92 Å². The second-order valence-electron chi connectivity index (χ2n) is 5.28. The highest BCUT2D eigenvalue weighted by Gasteiger charge is 2.13. The minimum absolute atomic E-state index is 0.269. The van der Waals surface area contributed by atoms with Crippen LogP contribution in [0.3, 0.4) is 0 Å². The van der Waals surface area contributed by atoms with Crippen molar-refractivity contribution in [2.45, 2.75) is 65.8 Å². The summed E-state index contributed by atoms with van der Waals surface area (Å²) in [7, 11) is -2.80. The van der Waals surface area contributed by atoms with E-state index < -0.39 is 9.84 Å². The molecule has 18 heavy (non-hydrogen) atoms. The van der Waals surface area contributed by atoms with Crippen molar-refractivity contribution in [1.29, 1.82) is 0 Å². The summed E-state index contributed by atoms with van der Waals surface area (Å²) in [5.74, 6) is 1.32. The maximum Gasteiger partial charge on any atom is 0.150 e. The summed E-state index contributed by atoms with van der Waals surface area (Å²) in [6, 6.07) is 0.479. The highest BCUT2D eigenvalue weighted by molar-refractivity contribution is 7.91. The quantitative estimate of drug-likeness (QED) is 0.631. The van der Waals surface area contributed by atoms with E-state index in [-0.39, 0.29) is 5.75 Å². The molecule has 0 aliphatic heterocycles. The number of hydrogen-bond donors (Lipinski definition) is 1. The molecular formula is C14H31NO2S. The van der Waals surface area contributed by atoms with Crippen LogP contribution in [-0.4, -0.2) is 32.5 Å². The second-order valence-corrected chi connectivity index (χ2v) is 7.75. The third kappa shape index (κ3) is 8.92. The van der Waals surface area contributed by atoms with Crippen LogP contribution >= 0.6 is 0 Å². The van der Waals surface area contributed by atoms with E-state index in [2.05, 4.69) is 26.1 Å². The van der Waals surface area contributed by atoms with Crippen molar-refractivity contribution < 1.29 is 8.42 Å². The van der Waals surface area contributed by atoms with Gasteiger partial charge in [0.15, 0.2) is 0 Å². The second kappa shape index (κ2) is 9.79. The monoisotopic (exact) mass is 277 g/mol. The Morgan fingerprint density at radius 1 is 1.17 bits per heavy atom. The van der Waals surface area contributed by atoms with Gasteiger partial charge in [0.2, 0.25) is 0 Å². The summed E-state index contributed by atoms with van der Waals surface area (Å²) in [6.45, 7) is 9.39. The molecule has 1 N–H and O–H groups in total. The molecule has 0 radical (unpaired) electrons. The van der Waals surface area contributed by atoms with Gasteiger partial charge in [-0.2, -0.15) is 0 Å². The Kier molecular flexibility index (Phi) is 9.74. The van der Waals surface area contributed by atoms with E-state index >= 15 is 0 Å². The third-order valence-corrected chi connectivity index (χ3v) is 5.30. The maximum atomic E-state index is 11.5. The van der Waals surface area contributed by atoms with Crippen LogP contribution in [0.5, 0.6) is 0 Å². The van der Waals surface area contributed by atoms with Crippen molar-refractivity contribution in [2.24, 2.45) is 5.92 Å². The largest absolute Gasteiger partial charge is 0.314 e. The Bertz CT molecular complexity index is 288. The minimum Gasteiger partial charge on any atom is -0.314 e. The van der Waals surface area contributed by atoms with Crippen LogP contribution in [0.2, 0.25) is 0 Å². The number of nitrogens with one attached hydrogen (secondary N) is 1. The van der Waals surface area contributed by atoms with Crippen molar-refractivity contribution in [2.75, 3.05) is 18.1 Å². The van der Waals surface area contributed by atoms with E-state index in [1.165, 1.54) is 6.42 Å². The molecule has 4 heteroatoms. The average molecular weight is 277 g/mol. The van der Waals surface area contributed by atoms with Crippen molar-refractivity contribution in [3.63, 3.8) is 0 Å². The van der Waals surface area contributed by atoms with Crippen LogP contribution < -0.4 is 5.32 Å². The van der Waals surface area contributed by atoms with Crippen molar-refractivity contribution in [3.05, 3.63) is 0 Å². The molecule has 0 saturated carbocycles. The van der Waals surface area contributed by atoms with Crippen molar-refractivity contribution in [1.82, 2.24) is 5.32 Å². The van der Waals surface area contributed by atoms with Gasteiger partial charge in [-0.1, -0.05) is 34.1 Å². The van der Waals surface area contributed by atoms with Crippen LogP contribution in [0.4, 0.5) is 0 Å². The van der Waals surface area contributed by atoms with Gasteiger partial charge in [-0.15, -0.1) is 0 Å².